The van der Waals surface area contributed by atoms with E-state index in [1.165, 1.54) is 6.92 Å². The van der Waals surface area contributed by atoms with Crippen LogP contribution in [0.15, 0.2) is 24.4 Å². The van der Waals surface area contributed by atoms with Crippen LogP contribution in [0.4, 0.5) is 0 Å². The molecule has 4 heteroatoms. The zero-order valence-corrected chi connectivity index (χ0v) is 8.88. The third kappa shape index (κ3) is 2.96. The van der Waals surface area contributed by atoms with Crippen molar-refractivity contribution in [3.8, 4) is 0 Å². The molecule has 0 aliphatic rings. The van der Waals surface area contributed by atoms with Crippen LogP contribution in [0.2, 0.25) is 0 Å². The lowest BCUT2D eigenvalue weighted by Gasteiger charge is -2.06. The van der Waals surface area contributed by atoms with Crippen LogP contribution in [0.3, 0.4) is 0 Å². The minimum Gasteiger partial charge on any atom is -0.291 e. The number of hydrogen-bond acceptors (Lipinski definition) is 4. The van der Waals surface area contributed by atoms with E-state index in [-0.39, 0.29) is 16.1 Å². The number of aromatic nitrogens is 1. The molecule has 0 spiro atoms. The molecule has 1 aromatic heterocycles. The van der Waals surface area contributed by atoms with Gasteiger partial charge in [0, 0.05) is 13.1 Å². The number of carbonyl (C=O) groups excluding carboxylic acids is 2. The van der Waals surface area contributed by atoms with Crippen molar-refractivity contribution >= 4 is 22.7 Å². The van der Waals surface area contributed by atoms with E-state index in [1.807, 2.05) is 0 Å². The van der Waals surface area contributed by atoms with E-state index in [2.05, 4.69) is 4.98 Å². The fourth-order valence-corrected chi connectivity index (χ4v) is 1.74. The van der Waals surface area contributed by atoms with Gasteiger partial charge in [0.15, 0.2) is 10.9 Å². The maximum atomic E-state index is 11.6. The molecule has 0 fully saturated rings. The average Bonchev–Trinajstić information content (AvgIpc) is 2.17. The minimum atomic E-state index is -0.359. The number of ketones is 1. The summed E-state index contributed by atoms with van der Waals surface area (Å²) in [4.78, 5) is 26.4. The Morgan fingerprint density at radius 3 is 2.64 bits per heavy atom. The number of nitrogens with zero attached hydrogens (tertiary/aromatic N) is 1. The van der Waals surface area contributed by atoms with Gasteiger partial charge in [0.25, 0.3) is 0 Å². The number of pyridine rings is 1. The molecule has 1 rings (SSSR count). The number of carbonyl (C=O) groups is 2. The maximum Gasteiger partial charge on any atom is 0.194 e. The van der Waals surface area contributed by atoms with E-state index in [0.717, 1.165) is 11.8 Å². The van der Waals surface area contributed by atoms with Crippen LogP contribution in [-0.4, -0.2) is 21.1 Å². The molecule has 0 radical (unpaired) electrons. The van der Waals surface area contributed by atoms with Gasteiger partial charge in [-0.25, -0.2) is 0 Å². The normalized spacial score (nSPS) is 12.1. The summed E-state index contributed by atoms with van der Waals surface area (Å²) in [6.45, 7) is 3.16. The molecule has 14 heavy (non-hydrogen) atoms. The van der Waals surface area contributed by atoms with Crippen LogP contribution in [-0.2, 0) is 4.79 Å². The molecule has 0 N–H and O–H groups in total. The van der Waals surface area contributed by atoms with Gasteiger partial charge in [-0.15, -0.1) is 0 Å². The standard InChI is InChI=1S/C10H11NO2S/c1-7(14-8(2)12)10(13)9-5-3-4-6-11-9/h3-7H,1-2H3. The molecule has 1 unspecified atom stereocenters. The number of Topliss-reactive ketones (excluding diaryl/α,β-unsaturated/α-hetero) is 1. The molecule has 1 heterocycles. The Bertz CT molecular complexity index is 337. The molecular weight excluding hydrogens is 198 g/mol. The van der Waals surface area contributed by atoms with Crippen LogP contribution in [0, 0.1) is 0 Å². The first-order chi connectivity index (χ1) is 6.61. The molecule has 74 valence electrons. The molecule has 1 atom stereocenters. The van der Waals surface area contributed by atoms with E-state index in [0.29, 0.717) is 5.69 Å². The summed E-state index contributed by atoms with van der Waals surface area (Å²) in [5.74, 6) is -0.106. The topological polar surface area (TPSA) is 47.0 Å². The van der Waals surface area contributed by atoms with Crippen molar-refractivity contribution in [1.29, 1.82) is 0 Å². The summed E-state index contributed by atoms with van der Waals surface area (Å²) in [6.07, 6.45) is 1.57. The second kappa shape index (κ2) is 4.91. The summed E-state index contributed by atoms with van der Waals surface area (Å²) in [5.41, 5.74) is 0.411. The zero-order chi connectivity index (χ0) is 10.6. The highest BCUT2D eigenvalue weighted by Crippen LogP contribution is 2.15. The number of thioether (sulfide) groups is 1. The van der Waals surface area contributed by atoms with Crippen molar-refractivity contribution in [2.45, 2.75) is 19.1 Å². The molecule has 3 nitrogen and oxygen atoms in total. The molecule has 0 aliphatic heterocycles. The predicted molar refractivity (Wildman–Crippen MR) is 56.3 cm³/mol. The maximum absolute atomic E-state index is 11.6. The number of hydrogen-bond donors (Lipinski definition) is 0. The Kier molecular flexibility index (Phi) is 3.83. The fourth-order valence-electron chi connectivity index (χ4n) is 1.02. The lowest BCUT2D eigenvalue weighted by atomic mass is 10.2. The van der Waals surface area contributed by atoms with Gasteiger partial charge in [-0.2, -0.15) is 0 Å². The second-order valence-electron chi connectivity index (χ2n) is 2.83. The Balaban J connectivity index is 2.71. The highest BCUT2D eigenvalue weighted by atomic mass is 32.2. The van der Waals surface area contributed by atoms with Gasteiger partial charge in [0.1, 0.15) is 5.69 Å². The van der Waals surface area contributed by atoms with E-state index >= 15 is 0 Å². The molecule has 0 bridgehead atoms. The first-order valence-electron chi connectivity index (χ1n) is 4.23. The highest BCUT2D eigenvalue weighted by Gasteiger charge is 2.17. The van der Waals surface area contributed by atoms with Crippen molar-refractivity contribution in [2.24, 2.45) is 0 Å². The van der Waals surface area contributed by atoms with Crippen LogP contribution in [0.5, 0.6) is 0 Å². The lowest BCUT2D eigenvalue weighted by molar-refractivity contribution is -0.109. The Labute approximate surface area is 86.9 Å². The van der Waals surface area contributed by atoms with Crippen LogP contribution in [0.1, 0.15) is 24.3 Å². The van der Waals surface area contributed by atoms with Crippen LogP contribution >= 0.6 is 11.8 Å². The lowest BCUT2D eigenvalue weighted by Crippen LogP contribution is -2.16. The summed E-state index contributed by atoms with van der Waals surface area (Å²) in [5, 5.41) is -0.413. The van der Waals surface area contributed by atoms with Gasteiger partial charge in [-0.1, -0.05) is 17.8 Å². The zero-order valence-electron chi connectivity index (χ0n) is 8.06. The van der Waals surface area contributed by atoms with Gasteiger partial charge in [0.05, 0.1) is 5.25 Å². The van der Waals surface area contributed by atoms with E-state index in [1.54, 1.807) is 31.3 Å². The summed E-state index contributed by atoms with van der Waals surface area (Å²) in [7, 11) is 0. The largest absolute Gasteiger partial charge is 0.291 e. The molecule has 0 amide bonds. The first kappa shape index (κ1) is 10.9. The minimum absolute atomic E-state index is 0.0539. The SMILES string of the molecule is CC(=O)SC(C)C(=O)c1ccccn1. The summed E-state index contributed by atoms with van der Waals surface area (Å²) >= 11 is 1.03. The molecule has 0 aliphatic carbocycles. The van der Waals surface area contributed by atoms with Gasteiger partial charge in [-0.05, 0) is 19.1 Å². The molecular formula is C10H11NO2S. The van der Waals surface area contributed by atoms with Gasteiger partial charge < -0.3 is 0 Å². The fraction of sp³-hybridized carbons (Fsp3) is 0.300. The smallest absolute Gasteiger partial charge is 0.194 e. The first-order valence-corrected chi connectivity index (χ1v) is 5.11. The van der Waals surface area contributed by atoms with Crippen molar-refractivity contribution in [1.82, 2.24) is 4.98 Å². The van der Waals surface area contributed by atoms with Crippen molar-refractivity contribution in [2.75, 3.05) is 0 Å². The van der Waals surface area contributed by atoms with Crippen LogP contribution < -0.4 is 0 Å². The quantitative estimate of drug-likeness (QED) is 0.714. The Hall–Kier alpha value is -1.16. The monoisotopic (exact) mass is 209 g/mol. The third-order valence-corrected chi connectivity index (χ3v) is 2.53. The second-order valence-corrected chi connectivity index (χ2v) is 4.35. The highest BCUT2D eigenvalue weighted by molar-refractivity contribution is 8.14. The van der Waals surface area contributed by atoms with Crippen LogP contribution in [0.25, 0.3) is 0 Å². The van der Waals surface area contributed by atoms with Gasteiger partial charge in [0.2, 0.25) is 0 Å². The predicted octanol–water partition coefficient (Wildman–Crippen LogP) is 1.93. The summed E-state index contributed by atoms with van der Waals surface area (Å²) < 4.78 is 0. The van der Waals surface area contributed by atoms with E-state index < -0.39 is 0 Å². The molecule has 0 saturated heterocycles. The molecule has 0 aromatic carbocycles. The van der Waals surface area contributed by atoms with E-state index in [9.17, 15) is 9.59 Å². The van der Waals surface area contributed by atoms with Gasteiger partial charge in [-0.3, -0.25) is 14.6 Å². The Morgan fingerprint density at radius 2 is 2.14 bits per heavy atom. The third-order valence-electron chi connectivity index (χ3n) is 1.63. The molecule has 0 saturated carbocycles. The molecule has 1 aromatic rings. The van der Waals surface area contributed by atoms with E-state index in [4.69, 9.17) is 0 Å². The van der Waals surface area contributed by atoms with Crippen molar-refractivity contribution < 1.29 is 9.59 Å². The average molecular weight is 209 g/mol. The van der Waals surface area contributed by atoms with Crippen molar-refractivity contribution in [3.63, 3.8) is 0 Å². The number of rotatable bonds is 3. The summed E-state index contributed by atoms with van der Waals surface area (Å²) in [6, 6.07) is 5.16. The van der Waals surface area contributed by atoms with Crippen molar-refractivity contribution in [3.05, 3.63) is 30.1 Å². The van der Waals surface area contributed by atoms with Gasteiger partial charge >= 0.3 is 0 Å². The Morgan fingerprint density at radius 1 is 1.43 bits per heavy atom.